The van der Waals surface area contributed by atoms with E-state index in [1.54, 1.807) is 12.3 Å². The van der Waals surface area contributed by atoms with Crippen molar-refractivity contribution in [3.05, 3.63) is 48.3 Å². The monoisotopic (exact) mass is 348 g/mol. The molecule has 1 aromatic heterocycles. The van der Waals surface area contributed by atoms with Gasteiger partial charge < -0.3 is 10.6 Å². The Morgan fingerprint density at radius 3 is 2.75 bits per heavy atom. The van der Waals surface area contributed by atoms with Crippen molar-refractivity contribution < 1.29 is 10.0 Å². The number of thiol groups is 1. The zero-order valence-electron chi connectivity index (χ0n) is 13.8. The normalized spacial score (nSPS) is 13.2. The van der Waals surface area contributed by atoms with Crippen LogP contribution in [0.25, 0.3) is 0 Å². The average Bonchev–Trinajstić information content (AvgIpc) is 2.46. The molecule has 0 radical (unpaired) electrons. The molecule has 4 N–H and O–H groups in total. The lowest BCUT2D eigenvalue weighted by Crippen LogP contribution is -2.56. The van der Waals surface area contributed by atoms with E-state index < -0.39 is 10.2 Å². The lowest BCUT2D eigenvalue weighted by Gasteiger charge is -2.24. The highest BCUT2D eigenvalue weighted by molar-refractivity contribution is 7.79. The largest absolute Gasteiger partial charge is 0.363 e. The smallest absolute Gasteiger partial charge is 0.350 e. The quantitative estimate of drug-likeness (QED) is 0.326. The number of hydrogen-bond acceptors (Lipinski definition) is 5. The van der Waals surface area contributed by atoms with E-state index in [4.69, 9.17) is 0 Å². The first-order chi connectivity index (χ1) is 11.3. The van der Waals surface area contributed by atoms with Gasteiger partial charge in [-0.2, -0.15) is 5.21 Å². The van der Waals surface area contributed by atoms with Crippen molar-refractivity contribution in [2.45, 2.75) is 26.8 Å². The molecule has 2 aromatic rings. The van der Waals surface area contributed by atoms with Crippen LogP contribution in [0.5, 0.6) is 0 Å². The molecule has 128 valence electrons. The van der Waals surface area contributed by atoms with Gasteiger partial charge in [0.25, 0.3) is 0 Å². The predicted molar refractivity (Wildman–Crippen MR) is 98.1 cm³/mol. The Morgan fingerprint density at radius 2 is 2.08 bits per heavy atom. The van der Waals surface area contributed by atoms with Crippen LogP contribution in [0, 0.1) is 6.92 Å². The minimum absolute atomic E-state index is 0.0721. The maximum Gasteiger partial charge on any atom is 0.363 e. The van der Waals surface area contributed by atoms with E-state index in [0.29, 0.717) is 5.69 Å². The van der Waals surface area contributed by atoms with E-state index in [1.165, 1.54) is 6.20 Å². The van der Waals surface area contributed by atoms with Crippen LogP contribution in [0.3, 0.4) is 0 Å². The number of nitrogens with zero attached hydrogens (tertiary/aromatic N) is 2. The number of carbonyl (C=O) groups excluding carboxylic acids is 1. The van der Waals surface area contributed by atoms with Crippen LogP contribution in [0.4, 0.5) is 21.9 Å². The molecule has 0 aliphatic heterocycles. The summed E-state index contributed by atoms with van der Waals surface area (Å²) in [5.74, 6) is 0. The minimum Gasteiger partial charge on any atom is -0.350 e. The number of hydrogen-bond donors (Lipinski definition) is 5. The fourth-order valence-electron chi connectivity index (χ4n) is 2.11. The standard InChI is InChI=1S/C16H21N5O2S/c1-11(2)18-16(22)20-21(23,24)15-10-17-8-7-14(15)19-13-6-4-5-12(3)9-13/h4-11,23-24H,1-3H3,(H2-,17,18,19,20,22)/p+1. The van der Waals surface area contributed by atoms with Gasteiger partial charge in [0, 0.05) is 22.1 Å². The van der Waals surface area contributed by atoms with Crippen molar-refractivity contribution in [3.8, 4) is 0 Å². The second-order valence-electron chi connectivity index (χ2n) is 5.73. The van der Waals surface area contributed by atoms with E-state index in [0.717, 1.165) is 11.3 Å². The molecule has 0 spiro atoms. The third-order valence-electron chi connectivity index (χ3n) is 3.11. The van der Waals surface area contributed by atoms with Crippen LogP contribution in [0.1, 0.15) is 19.4 Å². The zero-order chi connectivity index (χ0) is 17.7. The Morgan fingerprint density at radius 1 is 1.33 bits per heavy atom. The van der Waals surface area contributed by atoms with Crippen molar-refractivity contribution in [1.29, 1.82) is 0 Å². The summed E-state index contributed by atoms with van der Waals surface area (Å²) in [5.41, 5.74) is 5.16. The van der Waals surface area contributed by atoms with Gasteiger partial charge in [-0.1, -0.05) is 12.1 Å². The Labute approximate surface area is 146 Å². The highest BCUT2D eigenvalue weighted by atomic mass is 32.1. The van der Waals surface area contributed by atoms with Crippen molar-refractivity contribution in [1.82, 2.24) is 19.9 Å². The molecule has 1 unspecified atom stereocenters. The maximum atomic E-state index is 11.9. The molecule has 0 saturated heterocycles. The van der Waals surface area contributed by atoms with Crippen LogP contribution in [0.2, 0.25) is 0 Å². The van der Waals surface area contributed by atoms with Crippen molar-refractivity contribution >= 4 is 35.9 Å². The highest BCUT2D eigenvalue weighted by Gasteiger charge is 2.32. The second-order valence-corrected chi connectivity index (χ2v) is 6.31. The topological polar surface area (TPSA) is 86.3 Å². The molecule has 0 bridgehead atoms. The molecule has 0 saturated carbocycles. The van der Waals surface area contributed by atoms with Crippen LogP contribution in [-0.4, -0.2) is 22.3 Å². The molecule has 2 rings (SSSR count). The van der Waals surface area contributed by atoms with Crippen molar-refractivity contribution in [3.63, 3.8) is 0 Å². The number of pyridine rings is 1. The molecule has 1 heterocycles. The van der Waals surface area contributed by atoms with E-state index in [-0.39, 0.29) is 11.7 Å². The van der Waals surface area contributed by atoms with Crippen LogP contribution >= 0.6 is 12.8 Å². The van der Waals surface area contributed by atoms with Crippen molar-refractivity contribution in [2.75, 3.05) is 5.32 Å². The third kappa shape index (κ3) is 4.85. The maximum absolute atomic E-state index is 11.9. The molecule has 0 fully saturated rings. The molecule has 1 aromatic carbocycles. The summed E-state index contributed by atoms with van der Waals surface area (Å²) in [6.07, 6.45) is 3.02. The van der Waals surface area contributed by atoms with Gasteiger partial charge in [0.15, 0.2) is 0 Å². The van der Waals surface area contributed by atoms with Gasteiger partial charge in [-0.3, -0.25) is 4.98 Å². The predicted octanol–water partition coefficient (Wildman–Crippen LogP) is 3.30. The van der Waals surface area contributed by atoms with Gasteiger partial charge in [-0.05, 0) is 44.5 Å². The molecule has 24 heavy (non-hydrogen) atoms. The van der Waals surface area contributed by atoms with Gasteiger partial charge in [-0.25, -0.2) is 4.79 Å². The number of carbonyl (C=O) groups is 1. The Bertz CT molecular complexity index is 721. The first kappa shape index (κ1) is 18.1. The van der Waals surface area contributed by atoms with Gasteiger partial charge in [0.1, 0.15) is 18.5 Å². The Balaban J connectivity index is 2.25. The van der Waals surface area contributed by atoms with Crippen LogP contribution < -0.4 is 20.2 Å². The number of aromatic nitrogens is 1. The Kier molecular flexibility index (Phi) is 5.66. The minimum atomic E-state index is -1.14. The lowest BCUT2D eigenvalue weighted by atomic mass is 10.2. The summed E-state index contributed by atoms with van der Waals surface area (Å²) in [6, 6.07) is 8.86. The number of amides is 2. The number of nitrogens with one attached hydrogen (secondary N) is 3. The molecule has 2 amide bonds. The fraction of sp³-hybridized carbons (Fsp3) is 0.250. The first-order valence-corrected chi connectivity index (χ1v) is 7.89. The van der Waals surface area contributed by atoms with E-state index in [2.05, 4.69) is 33.9 Å². The van der Waals surface area contributed by atoms with E-state index >= 15 is 0 Å². The number of benzene rings is 1. The molecule has 0 aliphatic rings. The molecular formula is C16H22N5O2S+. The van der Waals surface area contributed by atoms with E-state index in [9.17, 15) is 10.0 Å². The van der Waals surface area contributed by atoms with Gasteiger partial charge in [0.2, 0.25) is 5.69 Å². The summed E-state index contributed by atoms with van der Waals surface area (Å²) in [5, 5.41) is 16.4. The zero-order valence-corrected chi connectivity index (χ0v) is 14.7. The summed E-state index contributed by atoms with van der Waals surface area (Å²) >= 11 is 4.14. The molecular weight excluding hydrogens is 326 g/mol. The molecule has 8 heteroatoms. The summed E-state index contributed by atoms with van der Waals surface area (Å²) in [4.78, 5) is 15.9. The highest BCUT2D eigenvalue weighted by Crippen LogP contribution is 2.31. The number of aryl methyl sites for hydroxylation is 1. The first-order valence-electron chi connectivity index (χ1n) is 7.49. The summed E-state index contributed by atoms with van der Waals surface area (Å²) < 4.78 is -1.14. The number of anilines is 2. The lowest BCUT2D eigenvalue weighted by molar-refractivity contribution is -0.00733. The van der Waals surface area contributed by atoms with Gasteiger partial charge >= 0.3 is 6.03 Å². The number of urea groups is 1. The van der Waals surface area contributed by atoms with Crippen LogP contribution in [0.15, 0.2) is 42.7 Å². The summed E-state index contributed by atoms with van der Waals surface area (Å²) in [6.45, 7) is 5.62. The molecule has 0 aliphatic carbocycles. The SMILES string of the molecule is Cc1cccc(Nc2ccncc2[N+](O)(S)NC(=O)NC(C)C)c1. The van der Waals surface area contributed by atoms with E-state index in [1.807, 2.05) is 45.0 Å². The second kappa shape index (κ2) is 7.52. The summed E-state index contributed by atoms with van der Waals surface area (Å²) in [7, 11) is 0. The fourth-order valence-corrected chi connectivity index (χ4v) is 2.37. The average molecular weight is 348 g/mol. The number of rotatable bonds is 5. The molecule has 1 atom stereocenters. The van der Waals surface area contributed by atoms with Crippen LogP contribution in [-0.2, 0) is 0 Å². The number of quaternary nitrogens is 1. The Hall–Kier alpha value is -2.29. The van der Waals surface area contributed by atoms with Gasteiger partial charge in [0.05, 0.1) is 6.20 Å². The molecule has 7 nitrogen and oxygen atoms in total. The van der Waals surface area contributed by atoms with Crippen molar-refractivity contribution in [2.24, 2.45) is 0 Å². The third-order valence-corrected chi connectivity index (χ3v) is 3.43. The van der Waals surface area contributed by atoms with Gasteiger partial charge in [-0.15, -0.1) is 5.43 Å².